The van der Waals surface area contributed by atoms with E-state index in [1.165, 1.54) is 24.3 Å². The number of hydrogen-bond donors (Lipinski definition) is 2. The fraction of sp³-hybridized carbons (Fsp3) is 0.353. The Morgan fingerprint density at radius 1 is 1.26 bits per heavy atom. The number of nitrogens with one attached hydrogen (secondary N) is 1. The summed E-state index contributed by atoms with van der Waals surface area (Å²) in [6, 6.07) is 5.50. The number of halogens is 1. The van der Waals surface area contributed by atoms with Gasteiger partial charge in [-0.1, -0.05) is 0 Å². The van der Waals surface area contributed by atoms with Crippen molar-refractivity contribution in [1.29, 1.82) is 0 Å². The first-order valence-electron chi connectivity index (χ1n) is 7.29. The van der Waals surface area contributed by atoms with Crippen LogP contribution in [0.4, 0.5) is 4.39 Å². The zero-order valence-electron chi connectivity index (χ0n) is 13.4. The van der Waals surface area contributed by atoms with Crippen LogP contribution in [-0.2, 0) is 0 Å². The summed E-state index contributed by atoms with van der Waals surface area (Å²) < 4.78 is 23.5. The summed E-state index contributed by atoms with van der Waals surface area (Å²) in [6.45, 7) is 5.37. The van der Waals surface area contributed by atoms with Crippen LogP contribution in [0.2, 0.25) is 0 Å². The average molecular weight is 321 g/mol. The molecule has 2 aromatic rings. The smallest absolute Gasteiger partial charge is 0.255 e. The molecule has 0 spiro atoms. The van der Waals surface area contributed by atoms with E-state index in [1.54, 1.807) is 13.8 Å². The summed E-state index contributed by atoms with van der Waals surface area (Å²) >= 11 is 0. The van der Waals surface area contributed by atoms with Crippen LogP contribution in [0.15, 0.2) is 28.7 Å². The van der Waals surface area contributed by atoms with Gasteiger partial charge in [-0.05, 0) is 45.0 Å². The Labute approximate surface area is 134 Å². The van der Waals surface area contributed by atoms with E-state index in [4.69, 9.17) is 9.15 Å². The summed E-state index contributed by atoms with van der Waals surface area (Å²) in [7, 11) is 0. The van der Waals surface area contributed by atoms with Crippen LogP contribution in [0.1, 0.15) is 27.4 Å². The second-order valence-electron chi connectivity index (χ2n) is 5.34. The quantitative estimate of drug-likeness (QED) is 0.857. The second-order valence-corrected chi connectivity index (χ2v) is 5.34. The van der Waals surface area contributed by atoms with E-state index in [2.05, 4.69) is 5.32 Å². The number of carbonyl (C=O) groups is 1. The summed E-state index contributed by atoms with van der Waals surface area (Å²) in [5.74, 6) is 1.06. The lowest BCUT2D eigenvalue weighted by Gasteiger charge is -2.13. The van der Waals surface area contributed by atoms with Gasteiger partial charge in [-0.15, -0.1) is 0 Å². The summed E-state index contributed by atoms with van der Waals surface area (Å²) in [6.07, 6.45) is -0.877. The molecule has 1 unspecified atom stereocenters. The molecule has 0 aliphatic rings. The molecule has 2 rings (SSSR count). The van der Waals surface area contributed by atoms with Gasteiger partial charge in [-0.2, -0.15) is 0 Å². The Kier molecular flexibility index (Phi) is 5.39. The third-order valence-corrected chi connectivity index (χ3v) is 3.54. The zero-order chi connectivity index (χ0) is 17.0. The molecule has 0 saturated carbocycles. The van der Waals surface area contributed by atoms with Crippen LogP contribution in [-0.4, -0.2) is 30.3 Å². The van der Waals surface area contributed by atoms with Crippen LogP contribution in [0.3, 0.4) is 0 Å². The van der Waals surface area contributed by atoms with Gasteiger partial charge in [0.05, 0.1) is 5.56 Å². The highest BCUT2D eigenvalue weighted by Crippen LogP contribution is 2.20. The van der Waals surface area contributed by atoms with Gasteiger partial charge >= 0.3 is 0 Å². The third-order valence-electron chi connectivity index (χ3n) is 3.54. The number of ether oxygens (including phenoxy) is 1. The summed E-state index contributed by atoms with van der Waals surface area (Å²) in [5, 5.41) is 12.5. The van der Waals surface area contributed by atoms with Gasteiger partial charge in [0.1, 0.15) is 35.8 Å². The number of aryl methyl sites for hydroxylation is 2. The second kappa shape index (κ2) is 7.28. The minimum atomic E-state index is -0.877. The molecule has 1 aromatic carbocycles. The van der Waals surface area contributed by atoms with Crippen molar-refractivity contribution in [2.24, 2.45) is 0 Å². The molecule has 0 aliphatic heterocycles. The highest BCUT2D eigenvalue weighted by atomic mass is 19.1. The molecule has 1 aromatic heterocycles. The summed E-state index contributed by atoms with van der Waals surface area (Å²) in [4.78, 5) is 12.2. The third kappa shape index (κ3) is 4.32. The zero-order valence-corrected chi connectivity index (χ0v) is 13.4. The van der Waals surface area contributed by atoms with Crippen LogP contribution in [0.5, 0.6) is 5.75 Å². The van der Waals surface area contributed by atoms with Gasteiger partial charge < -0.3 is 19.6 Å². The van der Waals surface area contributed by atoms with Crippen molar-refractivity contribution < 1.29 is 23.4 Å². The number of furan rings is 1. The van der Waals surface area contributed by atoms with E-state index in [1.807, 2.05) is 6.92 Å². The van der Waals surface area contributed by atoms with E-state index in [0.29, 0.717) is 22.8 Å². The number of amides is 1. The highest BCUT2D eigenvalue weighted by Gasteiger charge is 2.19. The molecule has 1 heterocycles. The number of aliphatic hydroxyl groups is 1. The van der Waals surface area contributed by atoms with E-state index < -0.39 is 6.10 Å². The van der Waals surface area contributed by atoms with E-state index in [0.717, 1.165) is 5.56 Å². The SMILES string of the molecule is Cc1oc(C)c(C(=O)NCC(O)COc2ccc(F)cc2)c1C. The number of aliphatic hydroxyl groups excluding tert-OH is 1. The van der Waals surface area contributed by atoms with Gasteiger partial charge in [0.15, 0.2) is 0 Å². The number of rotatable bonds is 6. The molecule has 1 amide bonds. The molecule has 124 valence electrons. The van der Waals surface area contributed by atoms with Crippen molar-refractivity contribution in [3.8, 4) is 5.75 Å². The molecule has 2 N–H and O–H groups in total. The first kappa shape index (κ1) is 17.0. The average Bonchev–Trinajstić information content (AvgIpc) is 2.77. The van der Waals surface area contributed by atoms with Gasteiger partial charge in [-0.25, -0.2) is 4.39 Å². The predicted octanol–water partition coefficient (Wildman–Crippen LogP) is 2.51. The molecule has 5 nitrogen and oxygen atoms in total. The minimum Gasteiger partial charge on any atom is -0.491 e. The maximum atomic E-state index is 12.8. The van der Waals surface area contributed by atoms with Crippen LogP contribution in [0.25, 0.3) is 0 Å². The van der Waals surface area contributed by atoms with E-state index >= 15 is 0 Å². The van der Waals surface area contributed by atoms with Gasteiger partial charge in [0.25, 0.3) is 5.91 Å². The lowest BCUT2D eigenvalue weighted by molar-refractivity contribution is 0.0842. The highest BCUT2D eigenvalue weighted by molar-refractivity contribution is 5.96. The van der Waals surface area contributed by atoms with Crippen LogP contribution >= 0.6 is 0 Å². The predicted molar refractivity (Wildman–Crippen MR) is 83.2 cm³/mol. The topological polar surface area (TPSA) is 71.7 Å². The van der Waals surface area contributed by atoms with E-state index in [-0.39, 0.29) is 24.9 Å². The molecule has 0 bridgehead atoms. The molecule has 0 aliphatic carbocycles. The maximum Gasteiger partial charge on any atom is 0.255 e. The van der Waals surface area contributed by atoms with Crippen molar-refractivity contribution in [3.05, 3.63) is 52.7 Å². The van der Waals surface area contributed by atoms with Gasteiger partial charge in [0.2, 0.25) is 0 Å². The van der Waals surface area contributed by atoms with Crippen molar-refractivity contribution in [2.45, 2.75) is 26.9 Å². The number of carbonyl (C=O) groups excluding carboxylic acids is 1. The van der Waals surface area contributed by atoms with E-state index in [9.17, 15) is 14.3 Å². The van der Waals surface area contributed by atoms with Crippen molar-refractivity contribution >= 4 is 5.91 Å². The molecule has 6 heteroatoms. The normalized spacial score (nSPS) is 12.0. The summed E-state index contributed by atoms with van der Waals surface area (Å²) in [5.41, 5.74) is 1.28. The molecular formula is C17H20FNO4. The molecule has 0 radical (unpaired) electrons. The molecule has 23 heavy (non-hydrogen) atoms. The monoisotopic (exact) mass is 321 g/mol. The van der Waals surface area contributed by atoms with Gasteiger partial charge in [-0.3, -0.25) is 4.79 Å². The van der Waals surface area contributed by atoms with Crippen molar-refractivity contribution in [3.63, 3.8) is 0 Å². The lowest BCUT2D eigenvalue weighted by Crippen LogP contribution is -2.35. The first-order valence-corrected chi connectivity index (χ1v) is 7.29. The fourth-order valence-electron chi connectivity index (χ4n) is 2.21. The maximum absolute atomic E-state index is 12.8. The standard InChI is InChI=1S/C17H20FNO4/c1-10-11(2)23-12(3)16(10)17(21)19-8-14(20)9-22-15-6-4-13(18)5-7-15/h4-7,14,20H,8-9H2,1-3H3,(H,19,21). The Bertz CT molecular complexity index is 679. The minimum absolute atomic E-state index is 0.00566. The van der Waals surface area contributed by atoms with Crippen LogP contribution in [0, 0.1) is 26.6 Å². The fourth-order valence-corrected chi connectivity index (χ4v) is 2.21. The number of hydrogen-bond acceptors (Lipinski definition) is 4. The van der Waals surface area contributed by atoms with Gasteiger partial charge in [0, 0.05) is 12.1 Å². The molecular weight excluding hydrogens is 301 g/mol. The number of benzene rings is 1. The van der Waals surface area contributed by atoms with Crippen molar-refractivity contribution in [1.82, 2.24) is 5.32 Å². The molecule has 0 fully saturated rings. The largest absolute Gasteiger partial charge is 0.491 e. The Morgan fingerprint density at radius 2 is 1.91 bits per heavy atom. The van der Waals surface area contributed by atoms with Crippen LogP contribution < -0.4 is 10.1 Å². The molecule has 1 atom stereocenters. The first-order chi connectivity index (χ1) is 10.9. The Hall–Kier alpha value is -2.34. The van der Waals surface area contributed by atoms with Crippen molar-refractivity contribution in [2.75, 3.05) is 13.2 Å². The lowest BCUT2D eigenvalue weighted by atomic mass is 10.1. The Morgan fingerprint density at radius 3 is 2.48 bits per heavy atom. The Balaban J connectivity index is 1.83. The molecule has 0 saturated heterocycles.